The molecule has 0 radical (unpaired) electrons. The number of carbonyl (C=O) groups is 1. The molecule has 1 aromatic heterocycles. The molecule has 2 rings (SSSR count). The van der Waals surface area contributed by atoms with Crippen LogP contribution in [0.25, 0.3) is 0 Å². The first-order valence-electron chi connectivity index (χ1n) is 7.88. The van der Waals surface area contributed by atoms with Crippen LogP contribution in [0, 0.1) is 12.8 Å². The van der Waals surface area contributed by atoms with Crippen LogP contribution in [0.1, 0.15) is 53.8 Å². The molecule has 23 heavy (non-hydrogen) atoms. The topological polar surface area (TPSA) is 68.0 Å². The van der Waals surface area contributed by atoms with E-state index in [-0.39, 0.29) is 17.3 Å². The van der Waals surface area contributed by atoms with E-state index in [0.29, 0.717) is 12.5 Å². The molecule has 1 amide bonds. The molecule has 1 heterocycles. The Morgan fingerprint density at radius 1 is 1.35 bits per heavy atom. The second kappa shape index (κ2) is 7.29. The lowest BCUT2D eigenvalue weighted by Gasteiger charge is -2.30. The van der Waals surface area contributed by atoms with Crippen LogP contribution in [0.3, 0.4) is 0 Å². The van der Waals surface area contributed by atoms with Gasteiger partial charge in [0.05, 0.1) is 11.3 Å². The molecular formula is C16H22F3N3O. The summed E-state index contributed by atoms with van der Waals surface area (Å²) in [5.74, 6) is -0.0786. The molecule has 0 saturated heterocycles. The second-order valence-electron chi connectivity index (χ2n) is 6.04. The van der Waals surface area contributed by atoms with Crippen molar-refractivity contribution in [2.45, 2.75) is 51.2 Å². The zero-order valence-electron chi connectivity index (χ0n) is 13.1. The van der Waals surface area contributed by atoms with Crippen LogP contribution in [-0.2, 0) is 6.18 Å². The van der Waals surface area contributed by atoms with Gasteiger partial charge >= 0.3 is 6.18 Å². The molecule has 1 unspecified atom stereocenters. The van der Waals surface area contributed by atoms with E-state index in [4.69, 9.17) is 5.73 Å². The standard InChI is InChI=1S/C16H22F3N3O/c1-10-12(7-8-14(21-10)16(17,18)19)15(23)22-13(9-20)11-5-3-2-4-6-11/h7-8,11,13H,2-6,9,20H2,1H3,(H,22,23). The van der Waals surface area contributed by atoms with E-state index in [1.54, 1.807) is 0 Å². The molecule has 0 spiro atoms. The van der Waals surface area contributed by atoms with Crippen LogP contribution in [0.15, 0.2) is 12.1 Å². The lowest BCUT2D eigenvalue weighted by Crippen LogP contribution is -2.46. The highest BCUT2D eigenvalue weighted by molar-refractivity contribution is 5.95. The number of nitrogens with zero attached hydrogens (tertiary/aromatic N) is 1. The maximum atomic E-state index is 12.6. The second-order valence-corrected chi connectivity index (χ2v) is 6.04. The number of alkyl halides is 3. The molecule has 1 atom stereocenters. The highest BCUT2D eigenvalue weighted by atomic mass is 19.4. The zero-order valence-corrected chi connectivity index (χ0v) is 13.1. The molecule has 3 N–H and O–H groups in total. The fraction of sp³-hybridized carbons (Fsp3) is 0.625. The van der Waals surface area contributed by atoms with Gasteiger partial charge in [0.1, 0.15) is 5.69 Å². The molecule has 1 aliphatic carbocycles. The molecule has 0 bridgehead atoms. The quantitative estimate of drug-likeness (QED) is 0.892. The molecule has 4 nitrogen and oxygen atoms in total. The Kier molecular flexibility index (Phi) is 5.62. The predicted octanol–water partition coefficient (Wildman–Crippen LogP) is 3.05. The van der Waals surface area contributed by atoms with Crippen LogP contribution in [0.5, 0.6) is 0 Å². The summed E-state index contributed by atoms with van der Waals surface area (Å²) >= 11 is 0. The van der Waals surface area contributed by atoms with Crippen LogP contribution < -0.4 is 11.1 Å². The summed E-state index contributed by atoms with van der Waals surface area (Å²) in [5, 5.41) is 2.87. The van der Waals surface area contributed by atoms with Crippen molar-refractivity contribution in [2.75, 3.05) is 6.54 Å². The van der Waals surface area contributed by atoms with E-state index in [9.17, 15) is 18.0 Å². The van der Waals surface area contributed by atoms with Gasteiger partial charge in [0.15, 0.2) is 0 Å². The number of rotatable bonds is 4. The fourth-order valence-corrected chi connectivity index (χ4v) is 3.11. The highest BCUT2D eigenvalue weighted by Gasteiger charge is 2.33. The molecule has 1 saturated carbocycles. The van der Waals surface area contributed by atoms with Crippen molar-refractivity contribution in [2.24, 2.45) is 11.7 Å². The van der Waals surface area contributed by atoms with E-state index >= 15 is 0 Å². The SMILES string of the molecule is Cc1nc(C(F)(F)F)ccc1C(=O)NC(CN)C1CCCCC1. The average Bonchev–Trinajstić information content (AvgIpc) is 2.52. The lowest BCUT2D eigenvalue weighted by atomic mass is 9.84. The lowest BCUT2D eigenvalue weighted by molar-refractivity contribution is -0.141. The van der Waals surface area contributed by atoms with Gasteiger partial charge in [-0.3, -0.25) is 4.79 Å². The first-order chi connectivity index (χ1) is 10.8. The first kappa shape index (κ1) is 17.7. The van der Waals surface area contributed by atoms with Gasteiger partial charge in [-0.25, -0.2) is 4.98 Å². The Balaban J connectivity index is 2.10. The Hall–Kier alpha value is -1.63. The van der Waals surface area contributed by atoms with E-state index in [0.717, 1.165) is 31.7 Å². The predicted molar refractivity (Wildman–Crippen MR) is 80.9 cm³/mol. The van der Waals surface area contributed by atoms with Gasteiger partial charge in [0, 0.05) is 12.6 Å². The number of nitrogens with two attached hydrogens (primary N) is 1. The monoisotopic (exact) mass is 329 g/mol. The third kappa shape index (κ3) is 4.43. The fourth-order valence-electron chi connectivity index (χ4n) is 3.11. The van der Waals surface area contributed by atoms with E-state index in [1.807, 2.05) is 0 Å². The van der Waals surface area contributed by atoms with Gasteiger partial charge in [-0.2, -0.15) is 13.2 Å². The van der Waals surface area contributed by atoms with Crippen LogP contribution >= 0.6 is 0 Å². The minimum absolute atomic E-state index is 0.0664. The van der Waals surface area contributed by atoms with Gasteiger partial charge in [-0.15, -0.1) is 0 Å². The molecule has 1 aliphatic rings. The highest BCUT2D eigenvalue weighted by Crippen LogP contribution is 2.29. The van der Waals surface area contributed by atoms with Crippen molar-refractivity contribution in [3.05, 3.63) is 29.1 Å². The summed E-state index contributed by atoms with van der Waals surface area (Å²) < 4.78 is 37.9. The van der Waals surface area contributed by atoms with Gasteiger partial charge in [0.25, 0.3) is 5.91 Å². The van der Waals surface area contributed by atoms with E-state index in [1.165, 1.54) is 19.4 Å². The summed E-state index contributed by atoms with van der Waals surface area (Å²) in [7, 11) is 0. The number of amides is 1. The maximum absolute atomic E-state index is 12.6. The third-order valence-corrected chi connectivity index (χ3v) is 4.41. The Morgan fingerprint density at radius 2 is 2.00 bits per heavy atom. The number of nitrogens with one attached hydrogen (secondary N) is 1. The van der Waals surface area contributed by atoms with Crippen molar-refractivity contribution in [3.8, 4) is 0 Å². The molecular weight excluding hydrogens is 307 g/mol. The van der Waals surface area contributed by atoms with Crippen LogP contribution in [0.4, 0.5) is 13.2 Å². The molecule has 128 valence electrons. The van der Waals surface area contributed by atoms with E-state index < -0.39 is 17.8 Å². The summed E-state index contributed by atoms with van der Waals surface area (Å²) in [6, 6.07) is 1.86. The molecule has 7 heteroatoms. The van der Waals surface area contributed by atoms with Crippen LogP contribution in [0.2, 0.25) is 0 Å². The summed E-state index contributed by atoms with van der Waals surface area (Å²) in [4.78, 5) is 15.8. The Bertz CT molecular complexity index is 554. The van der Waals surface area contributed by atoms with Crippen molar-refractivity contribution in [3.63, 3.8) is 0 Å². The molecule has 0 aliphatic heterocycles. The van der Waals surface area contributed by atoms with Crippen molar-refractivity contribution < 1.29 is 18.0 Å². The molecule has 0 aromatic carbocycles. The summed E-state index contributed by atoms with van der Waals surface area (Å²) in [5.41, 5.74) is 5.00. The minimum atomic E-state index is -4.51. The average molecular weight is 329 g/mol. The van der Waals surface area contributed by atoms with Crippen LogP contribution in [-0.4, -0.2) is 23.5 Å². The van der Waals surface area contributed by atoms with Crippen molar-refractivity contribution >= 4 is 5.91 Å². The number of pyridine rings is 1. The van der Waals surface area contributed by atoms with Gasteiger partial charge < -0.3 is 11.1 Å². The molecule has 1 aromatic rings. The number of aryl methyl sites for hydroxylation is 1. The normalized spacial score (nSPS) is 17.8. The van der Waals surface area contributed by atoms with Gasteiger partial charge in [0.2, 0.25) is 0 Å². The number of hydrogen-bond acceptors (Lipinski definition) is 3. The van der Waals surface area contributed by atoms with Gasteiger partial charge in [-0.1, -0.05) is 19.3 Å². The summed E-state index contributed by atoms with van der Waals surface area (Å²) in [6.45, 7) is 1.73. The van der Waals surface area contributed by atoms with E-state index in [2.05, 4.69) is 10.3 Å². The molecule has 1 fully saturated rings. The minimum Gasteiger partial charge on any atom is -0.348 e. The number of halogens is 3. The number of hydrogen-bond donors (Lipinski definition) is 2. The van der Waals surface area contributed by atoms with Crippen molar-refractivity contribution in [1.29, 1.82) is 0 Å². The zero-order chi connectivity index (χ0) is 17.0. The summed E-state index contributed by atoms with van der Waals surface area (Å²) in [6.07, 6.45) is 0.972. The van der Waals surface area contributed by atoms with Crippen molar-refractivity contribution in [1.82, 2.24) is 10.3 Å². The number of aromatic nitrogens is 1. The smallest absolute Gasteiger partial charge is 0.348 e. The third-order valence-electron chi connectivity index (χ3n) is 4.41. The Labute approximate surface area is 133 Å². The maximum Gasteiger partial charge on any atom is 0.433 e. The number of carbonyl (C=O) groups excluding carboxylic acids is 1. The Morgan fingerprint density at radius 3 is 2.52 bits per heavy atom. The first-order valence-corrected chi connectivity index (χ1v) is 7.88. The largest absolute Gasteiger partial charge is 0.433 e. The van der Waals surface area contributed by atoms with Gasteiger partial charge in [-0.05, 0) is 37.8 Å².